The third-order valence-electron chi connectivity index (χ3n) is 3.89. The Morgan fingerprint density at radius 1 is 1.18 bits per heavy atom. The summed E-state index contributed by atoms with van der Waals surface area (Å²) in [7, 11) is 0. The van der Waals surface area contributed by atoms with Crippen molar-refractivity contribution < 1.29 is 19.4 Å². The Bertz CT molecular complexity index is 567. The molecule has 22 heavy (non-hydrogen) atoms. The van der Waals surface area contributed by atoms with Crippen molar-refractivity contribution in [3.63, 3.8) is 0 Å². The Labute approximate surface area is 132 Å². The Balaban J connectivity index is 3.24. The lowest BCUT2D eigenvalue weighted by atomic mass is 9.87. The average Bonchev–Trinajstić information content (AvgIpc) is 2.42. The van der Waals surface area contributed by atoms with Crippen LogP contribution in [0, 0.1) is 12.3 Å². The second-order valence-electron chi connectivity index (χ2n) is 6.65. The molecule has 1 aromatic rings. The van der Waals surface area contributed by atoms with Gasteiger partial charge in [0.15, 0.2) is 0 Å². The zero-order valence-electron chi connectivity index (χ0n) is 14.3. The minimum Gasteiger partial charge on any atom is -0.478 e. The average molecular weight is 306 g/mol. The number of benzene rings is 1. The van der Waals surface area contributed by atoms with Crippen LogP contribution in [0.2, 0.25) is 0 Å². The largest absolute Gasteiger partial charge is 0.478 e. The van der Waals surface area contributed by atoms with Crippen LogP contribution in [-0.4, -0.2) is 23.1 Å². The van der Waals surface area contributed by atoms with Crippen molar-refractivity contribution in [2.24, 2.45) is 5.41 Å². The maximum atomic E-state index is 12.5. The summed E-state index contributed by atoms with van der Waals surface area (Å²) in [6, 6.07) is 3.20. The molecule has 0 saturated heterocycles. The van der Waals surface area contributed by atoms with Gasteiger partial charge in [0, 0.05) is 0 Å². The lowest BCUT2D eigenvalue weighted by Crippen LogP contribution is -2.31. The van der Waals surface area contributed by atoms with Gasteiger partial charge in [-0.3, -0.25) is 0 Å². The van der Waals surface area contributed by atoms with E-state index in [1.165, 1.54) is 0 Å². The van der Waals surface area contributed by atoms with Crippen molar-refractivity contribution in [3.05, 3.63) is 34.4 Å². The Hall–Kier alpha value is -1.84. The van der Waals surface area contributed by atoms with Crippen LogP contribution in [0.25, 0.3) is 0 Å². The van der Waals surface area contributed by atoms with Crippen molar-refractivity contribution in [2.75, 3.05) is 0 Å². The standard InChI is InChI=1S/C18H26O4/c1-7-12-10-14(13(16(19)20)9-11(12)3)17(21)22-15(8-2)18(4,5)6/h9-10,15H,7-8H2,1-6H3,(H,19,20). The molecule has 0 radical (unpaired) electrons. The highest BCUT2D eigenvalue weighted by atomic mass is 16.5. The number of carboxylic acid groups (broad SMARTS) is 1. The van der Waals surface area contributed by atoms with Crippen molar-refractivity contribution in [2.45, 2.75) is 60.5 Å². The van der Waals surface area contributed by atoms with Gasteiger partial charge in [-0.25, -0.2) is 9.59 Å². The number of aryl methyl sites for hydroxylation is 2. The molecule has 0 aliphatic carbocycles. The summed E-state index contributed by atoms with van der Waals surface area (Å²) in [6.07, 6.45) is 1.17. The van der Waals surface area contributed by atoms with Gasteiger partial charge in [0.2, 0.25) is 0 Å². The van der Waals surface area contributed by atoms with Crippen molar-refractivity contribution in [3.8, 4) is 0 Å². The van der Waals surface area contributed by atoms with E-state index in [0.717, 1.165) is 17.5 Å². The van der Waals surface area contributed by atoms with Gasteiger partial charge in [-0.2, -0.15) is 0 Å². The van der Waals surface area contributed by atoms with E-state index in [-0.39, 0.29) is 22.6 Å². The molecule has 0 amide bonds. The lowest BCUT2D eigenvalue weighted by Gasteiger charge is -2.29. The molecule has 0 spiro atoms. The fourth-order valence-corrected chi connectivity index (χ4v) is 2.54. The first-order valence-corrected chi connectivity index (χ1v) is 7.69. The summed E-state index contributed by atoms with van der Waals surface area (Å²) < 4.78 is 5.58. The molecule has 4 nitrogen and oxygen atoms in total. The number of rotatable bonds is 5. The summed E-state index contributed by atoms with van der Waals surface area (Å²) in [5.41, 5.74) is 1.78. The highest BCUT2D eigenvalue weighted by Crippen LogP contribution is 2.27. The van der Waals surface area contributed by atoms with Gasteiger partial charge in [0.05, 0.1) is 11.1 Å². The van der Waals surface area contributed by atoms with Gasteiger partial charge in [-0.15, -0.1) is 0 Å². The molecule has 0 fully saturated rings. The number of aromatic carboxylic acids is 1. The number of carbonyl (C=O) groups excluding carboxylic acids is 1. The van der Waals surface area contributed by atoms with Crippen LogP contribution < -0.4 is 0 Å². The normalized spacial score (nSPS) is 12.8. The number of ether oxygens (including phenoxy) is 1. The van der Waals surface area contributed by atoms with E-state index < -0.39 is 11.9 Å². The van der Waals surface area contributed by atoms with Crippen LogP contribution in [0.15, 0.2) is 12.1 Å². The molecule has 0 heterocycles. The van der Waals surface area contributed by atoms with Crippen LogP contribution in [0.5, 0.6) is 0 Å². The van der Waals surface area contributed by atoms with E-state index in [0.29, 0.717) is 6.42 Å². The summed E-state index contributed by atoms with van der Waals surface area (Å²) in [5.74, 6) is -1.67. The SMILES string of the molecule is CCc1cc(C(=O)OC(CC)C(C)(C)C)c(C(=O)O)cc1C. The minimum atomic E-state index is -1.11. The van der Waals surface area contributed by atoms with E-state index in [1.807, 2.05) is 41.5 Å². The summed E-state index contributed by atoms with van der Waals surface area (Å²) >= 11 is 0. The molecule has 122 valence electrons. The van der Waals surface area contributed by atoms with E-state index >= 15 is 0 Å². The van der Waals surface area contributed by atoms with Crippen molar-refractivity contribution in [1.29, 1.82) is 0 Å². The maximum Gasteiger partial charge on any atom is 0.339 e. The number of esters is 1. The van der Waals surface area contributed by atoms with Gasteiger partial charge in [0.1, 0.15) is 6.10 Å². The Morgan fingerprint density at radius 3 is 2.18 bits per heavy atom. The quantitative estimate of drug-likeness (QED) is 0.827. The molecular weight excluding hydrogens is 280 g/mol. The predicted molar refractivity (Wildman–Crippen MR) is 86.5 cm³/mol. The summed E-state index contributed by atoms with van der Waals surface area (Å²) in [5, 5.41) is 9.35. The van der Waals surface area contributed by atoms with E-state index in [2.05, 4.69) is 0 Å². The van der Waals surface area contributed by atoms with Gasteiger partial charge in [-0.1, -0.05) is 34.6 Å². The molecule has 1 rings (SSSR count). The minimum absolute atomic E-state index is 0.00321. The molecule has 1 atom stereocenters. The van der Waals surface area contributed by atoms with Crippen LogP contribution >= 0.6 is 0 Å². The number of carboxylic acids is 1. The number of carbonyl (C=O) groups is 2. The van der Waals surface area contributed by atoms with E-state index in [9.17, 15) is 14.7 Å². The Morgan fingerprint density at radius 2 is 1.77 bits per heavy atom. The van der Waals surface area contributed by atoms with Crippen molar-refractivity contribution in [1.82, 2.24) is 0 Å². The second kappa shape index (κ2) is 6.95. The third kappa shape index (κ3) is 4.09. The number of hydrogen-bond donors (Lipinski definition) is 1. The molecule has 0 bridgehead atoms. The first-order chi connectivity index (χ1) is 10.1. The van der Waals surface area contributed by atoms with Gasteiger partial charge < -0.3 is 9.84 Å². The van der Waals surface area contributed by atoms with E-state index in [4.69, 9.17) is 4.74 Å². The zero-order chi connectivity index (χ0) is 17.1. The Kier molecular flexibility index (Phi) is 5.75. The molecule has 0 aromatic heterocycles. The summed E-state index contributed by atoms with van der Waals surface area (Å²) in [4.78, 5) is 23.9. The smallest absolute Gasteiger partial charge is 0.339 e. The van der Waals surface area contributed by atoms with Crippen LogP contribution in [0.3, 0.4) is 0 Å². The first kappa shape index (κ1) is 18.2. The first-order valence-electron chi connectivity index (χ1n) is 7.69. The topological polar surface area (TPSA) is 63.6 Å². The molecule has 1 N–H and O–H groups in total. The van der Waals surface area contributed by atoms with Gasteiger partial charge in [-0.05, 0) is 48.4 Å². The van der Waals surface area contributed by atoms with Crippen LogP contribution in [0.4, 0.5) is 0 Å². The maximum absolute atomic E-state index is 12.5. The zero-order valence-corrected chi connectivity index (χ0v) is 14.3. The van der Waals surface area contributed by atoms with Crippen LogP contribution in [-0.2, 0) is 11.2 Å². The fourth-order valence-electron chi connectivity index (χ4n) is 2.54. The third-order valence-corrected chi connectivity index (χ3v) is 3.89. The highest BCUT2D eigenvalue weighted by molar-refractivity contribution is 6.02. The highest BCUT2D eigenvalue weighted by Gasteiger charge is 2.29. The lowest BCUT2D eigenvalue weighted by molar-refractivity contribution is -0.00429. The molecule has 0 aliphatic heterocycles. The predicted octanol–water partition coefficient (Wildman–Crippen LogP) is 4.24. The van der Waals surface area contributed by atoms with Crippen molar-refractivity contribution >= 4 is 11.9 Å². The van der Waals surface area contributed by atoms with Gasteiger partial charge in [0.25, 0.3) is 0 Å². The monoisotopic (exact) mass is 306 g/mol. The van der Waals surface area contributed by atoms with E-state index in [1.54, 1.807) is 12.1 Å². The molecule has 1 unspecified atom stereocenters. The van der Waals surface area contributed by atoms with Crippen LogP contribution in [0.1, 0.15) is 72.9 Å². The number of hydrogen-bond acceptors (Lipinski definition) is 3. The molecular formula is C18H26O4. The molecule has 0 aliphatic rings. The summed E-state index contributed by atoms with van der Waals surface area (Å²) in [6.45, 7) is 11.8. The molecule has 0 saturated carbocycles. The molecule has 4 heteroatoms. The fraction of sp³-hybridized carbons (Fsp3) is 0.556. The second-order valence-corrected chi connectivity index (χ2v) is 6.65. The van der Waals surface area contributed by atoms with Gasteiger partial charge >= 0.3 is 11.9 Å². The molecule has 1 aromatic carbocycles.